The van der Waals surface area contributed by atoms with Crippen LogP contribution >= 0.6 is 11.3 Å². The Kier molecular flexibility index (Phi) is 6.38. The highest BCUT2D eigenvalue weighted by molar-refractivity contribution is 7.21. The van der Waals surface area contributed by atoms with E-state index in [1.54, 1.807) is 29.8 Å². The van der Waals surface area contributed by atoms with Crippen LogP contribution in [0.1, 0.15) is 31.8 Å². The Morgan fingerprint density at radius 1 is 1.03 bits per heavy atom. The van der Waals surface area contributed by atoms with Crippen LogP contribution in [0.5, 0.6) is 0 Å². The van der Waals surface area contributed by atoms with Crippen LogP contribution in [0.4, 0.5) is 11.8 Å². The molecule has 3 aromatic heterocycles. The van der Waals surface area contributed by atoms with Crippen molar-refractivity contribution in [2.45, 2.75) is 39.8 Å². The summed E-state index contributed by atoms with van der Waals surface area (Å²) in [6.07, 6.45) is 4.35. The van der Waals surface area contributed by atoms with Gasteiger partial charge in [0.15, 0.2) is 0 Å². The zero-order chi connectivity index (χ0) is 23.7. The van der Waals surface area contributed by atoms with Gasteiger partial charge in [-0.1, -0.05) is 26.0 Å². The monoisotopic (exact) mass is 475 g/mol. The minimum Gasteiger partial charge on any atom is -0.396 e. The van der Waals surface area contributed by atoms with E-state index in [0.717, 1.165) is 38.7 Å². The first-order valence-electron chi connectivity index (χ1n) is 11.6. The highest BCUT2D eigenvalue weighted by Crippen LogP contribution is 2.41. The second-order valence-corrected chi connectivity index (χ2v) is 10.0. The molecule has 0 radical (unpaired) electrons. The topological polar surface area (TPSA) is 109 Å². The van der Waals surface area contributed by atoms with Crippen molar-refractivity contribution in [1.29, 1.82) is 0 Å². The number of aliphatic hydroxyl groups is 1. The van der Waals surface area contributed by atoms with Gasteiger partial charge in [-0.3, -0.25) is 0 Å². The van der Waals surface area contributed by atoms with Gasteiger partial charge in [0.05, 0.1) is 28.0 Å². The number of hydrogen-bond acceptors (Lipinski definition) is 9. The highest BCUT2D eigenvalue weighted by atomic mass is 32.1. The minimum absolute atomic E-state index is 0.208. The smallest absolute Gasteiger partial charge is 0.225 e. The number of aromatic nitrogens is 5. The molecule has 8 nitrogen and oxygen atoms in total. The maximum Gasteiger partial charge on any atom is 0.225 e. The van der Waals surface area contributed by atoms with Crippen LogP contribution in [-0.2, 0) is 6.54 Å². The Bertz CT molecular complexity index is 1250. The predicted molar refractivity (Wildman–Crippen MR) is 136 cm³/mol. The molecule has 4 aromatic rings. The summed E-state index contributed by atoms with van der Waals surface area (Å²) >= 11 is 1.65. The molecule has 9 heteroatoms. The number of para-hydroxylation sites is 1. The summed E-state index contributed by atoms with van der Waals surface area (Å²) in [6, 6.07) is 10.1. The van der Waals surface area contributed by atoms with E-state index in [-0.39, 0.29) is 18.6 Å². The molecule has 176 valence electrons. The van der Waals surface area contributed by atoms with Crippen molar-refractivity contribution in [3.05, 3.63) is 54.2 Å². The third-order valence-corrected chi connectivity index (χ3v) is 8.00. The molecule has 0 amide bonds. The number of nitrogens with zero attached hydrogens (tertiary/aromatic N) is 5. The van der Waals surface area contributed by atoms with E-state index in [0.29, 0.717) is 30.2 Å². The van der Waals surface area contributed by atoms with E-state index in [2.05, 4.69) is 40.5 Å². The molecular weight excluding hydrogens is 446 g/mol. The Hall–Kier alpha value is -3.17. The summed E-state index contributed by atoms with van der Waals surface area (Å²) in [7, 11) is 0. The fourth-order valence-electron chi connectivity index (χ4n) is 4.73. The molecule has 1 aliphatic carbocycles. The first-order chi connectivity index (χ1) is 16.5. The summed E-state index contributed by atoms with van der Waals surface area (Å²) in [5, 5.41) is 17.7. The number of fused-ring (bicyclic) bond motifs is 1. The van der Waals surface area contributed by atoms with Gasteiger partial charge in [0, 0.05) is 25.0 Å². The van der Waals surface area contributed by atoms with E-state index in [4.69, 9.17) is 15.0 Å². The average Bonchev–Trinajstić information content (AvgIpc) is 3.39. The van der Waals surface area contributed by atoms with Crippen molar-refractivity contribution in [2.75, 3.05) is 17.2 Å². The quantitative estimate of drug-likeness (QED) is 0.358. The second kappa shape index (κ2) is 9.60. The number of hydrogen-bond donors (Lipinski definition) is 3. The molecule has 4 atom stereocenters. The van der Waals surface area contributed by atoms with Crippen molar-refractivity contribution >= 4 is 33.3 Å². The SMILES string of the molecule is Cc1nc(NCc2ncccn2)nc(NC2CC(CO)C(C)C2C)c1-c1nc2ccccc2s1. The van der Waals surface area contributed by atoms with Crippen LogP contribution in [-0.4, -0.2) is 42.7 Å². The molecule has 34 heavy (non-hydrogen) atoms. The first kappa shape index (κ1) is 22.6. The molecule has 1 saturated carbocycles. The average molecular weight is 476 g/mol. The van der Waals surface area contributed by atoms with Crippen LogP contribution in [0.2, 0.25) is 0 Å². The number of benzene rings is 1. The summed E-state index contributed by atoms with van der Waals surface area (Å²) in [5.41, 5.74) is 2.75. The molecule has 4 unspecified atom stereocenters. The minimum atomic E-state index is 0.208. The highest BCUT2D eigenvalue weighted by Gasteiger charge is 2.38. The lowest BCUT2D eigenvalue weighted by atomic mass is 9.92. The van der Waals surface area contributed by atoms with Crippen LogP contribution in [0.25, 0.3) is 20.8 Å². The van der Waals surface area contributed by atoms with E-state index in [1.807, 2.05) is 25.1 Å². The van der Waals surface area contributed by atoms with Gasteiger partial charge in [0.1, 0.15) is 16.6 Å². The van der Waals surface area contributed by atoms with Crippen LogP contribution < -0.4 is 10.6 Å². The van der Waals surface area contributed by atoms with Crippen LogP contribution in [0.15, 0.2) is 42.7 Å². The molecule has 0 bridgehead atoms. The van der Waals surface area contributed by atoms with Crippen LogP contribution in [0.3, 0.4) is 0 Å². The van der Waals surface area contributed by atoms with E-state index >= 15 is 0 Å². The van der Waals surface area contributed by atoms with E-state index in [9.17, 15) is 5.11 Å². The molecule has 1 aliphatic rings. The number of rotatable bonds is 7. The molecule has 1 fully saturated rings. The zero-order valence-electron chi connectivity index (χ0n) is 19.6. The molecule has 0 aliphatic heterocycles. The Morgan fingerprint density at radius 2 is 1.82 bits per heavy atom. The third-order valence-electron chi connectivity index (χ3n) is 6.94. The fraction of sp³-hybridized carbons (Fsp3) is 0.400. The van der Waals surface area contributed by atoms with Crippen LogP contribution in [0, 0.1) is 24.7 Å². The molecule has 0 spiro atoms. The van der Waals surface area contributed by atoms with Crippen molar-refractivity contribution < 1.29 is 5.11 Å². The van der Waals surface area contributed by atoms with Gasteiger partial charge in [-0.05, 0) is 49.3 Å². The van der Waals surface area contributed by atoms with E-state index < -0.39 is 0 Å². The van der Waals surface area contributed by atoms with Gasteiger partial charge in [0.25, 0.3) is 0 Å². The molecule has 5 rings (SSSR count). The number of nitrogens with one attached hydrogen (secondary N) is 2. The Balaban J connectivity index is 1.51. The van der Waals surface area contributed by atoms with Gasteiger partial charge in [0.2, 0.25) is 5.95 Å². The number of thiazole rings is 1. The largest absolute Gasteiger partial charge is 0.396 e. The summed E-state index contributed by atoms with van der Waals surface area (Å²) in [5.74, 6) is 3.10. The lowest BCUT2D eigenvalue weighted by Crippen LogP contribution is -2.25. The lowest BCUT2D eigenvalue weighted by Gasteiger charge is -2.22. The van der Waals surface area contributed by atoms with Gasteiger partial charge in [-0.15, -0.1) is 11.3 Å². The first-order valence-corrected chi connectivity index (χ1v) is 12.5. The second-order valence-electron chi connectivity index (χ2n) is 9.01. The normalized spacial score (nSPS) is 22.2. The molecule has 1 aromatic carbocycles. The number of anilines is 2. The van der Waals surface area contributed by atoms with Gasteiger partial charge < -0.3 is 15.7 Å². The van der Waals surface area contributed by atoms with E-state index in [1.165, 1.54) is 0 Å². The van der Waals surface area contributed by atoms with Gasteiger partial charge in [-0.2, -0.15) is 4.98 Å². The van der Waals surface area contributed by atoms with Crippen molar-refractivity contribution in [3.8, 4) is 10.6 Å². The lowest BCUT2D eigenvalue weighted by molar-refractivity contribution is 0.191. The number of aliphatic hydroxyl groups excluding tert-OH is 1. The maximum atomic E-state index is 9.83. The predicted octanol–water partition coefficient (Wildman–Crippen LogP) is 4.53. The molecule has 3 heterocycles. The summed E-state index contributed by atoms with van der Waals surface area (Å²) in [6.45, 7) is 7.11. The fourth-order valence-corrected chi connectivity index (χ4v) is 5.79. The standard InChI is InChI=1S/C25H29N7OS/c1-14-15(2)19(11-17(14)13-33)30-23-22(24-31-18-7-4-5-8-20(18)34-24)16(3)29-25(32-23)28-12-21-26-9-6-10-27-21/h4-10,14-15,17,19,33H,11-13H2,1-3H3,(H2,28,29,30,32). The van der Waals surface area contributed by atoms with Gasteiger partial charge >= 0.3 is 0 Å². The number of aryl methyl sites for hydroxylation is 1. The zero-order valence-corrected chi connectivity index (χ0v) is 20.4. The third kappa shape index (κ3) is 4.45. The summed E-state index contributed by atoms with van der Waals surface area (Å²) in [4.78, 5) is 23.1. The summed E-state index contributed by atoms with van der Waals surface area (Å²) < 4.78 is 1.13. The molecule has 0 saturated heterocycles. The van der Waals surface area contributed by atoms with Crippen molar-refractivity contribution in [2.24, 2.45) is 17.8 Å². The van der Waals surface area contributed by atoms with Crippen molar-refractivity contribution in [1.82, 2.24) is 24.9 Å². The Morgan fingerprint density at radius 3 is 2.56 bits per heavy atom. The maximum absolute atomic E-state index is 9.83. The molecule has 3 N–H and O–H groups in total. The molecular formula is C25H29N7OS. The van der Waals surface area contributed by atoms with Gasteiger partial charge in [-0.25, -0.2) is 19.9 Å². The Labute approximate surface area is 203 Å². The van der Waals surface area contributed by atoms with Crippen molar-refractivity contribution in [3.63, 3.8) is 0 Å².